The minimum Gasteiger partial charge on any atom is -0.263 e. The van der Waals surface area contributed by atoms with Gasteiger partial charge in [-0.1, -0.05) is 13.8 Å². The summed E-state index contributed by atoms with van der Waals surface area (Å²) in [5.74, 6) is -1.23. The van der Waals surface area contributed by atoms with Gasteiger partial charge in [-0.05, 0) is 37.5 Å². The number of nitrogens with one attached hydrogen (secondary N) is 2. The predicted molar refractivity (Wildman–Crippen MR) is 80.1 cm³/mol. The Morgan fingerprint density at radius 3 is 2.35 bits per heavy atom. The van der Waals surface area contributed by atoms with E-state index in [0.29, 0.717) is 11.9 Å². The van der Waals surface area contributed by atoms with E-state index in [2.05, 4.69) is 19.9 Å². The summed E-state index contributed by atoms with van der Waals surface area (Å²) < 4.78 is 54.8. The van der Waals surface area contributed by atoms with Crippen LogP contribution in [0, 0.1) is 31.4 Å². The Morgan fingerprint density at radius 2 is 1.83 bits per heavy atom. The van der Waals surface area contributed by atoms with Crippen molar-refractivity contribution in [2.45, 2.75) is 38.6 Å². The molecule has 0 aliphatic carbocycles. The topological polar surface area (TPSA) is 87.7 Å². The van der Waals surface area contributed by atoms with Gasteiger partial charge < -0.3 is 0 Å². The molecule has 2 aromatic rings. The van der Waals surface area contributed by atoms with Gasteiger partial charge in [-0.2, -0.15) is 9.82 Å². The third-order valence-electron chi connectivity index (χ3n) is 3.34. The minimum atomic E-state index is -4.27. The molecular weight excluding hydrogens is 326 g/mol. The second kappa shape index (κ2) is 6.32. The van der Waals surface area contributed by atoms with E-state index in [4.69, 9.17) is 0 Å². The van der Waals surface area contributed by atoms with Crippen LogP contribution in [-0.4, -0.2) is 23.6 Å². The predicted octanol–water partition coefficient (Wildman–Crippen LogP) is 2.38. The fourth-order valence-corrected chi connectivity index (χ4v) is 3.46. The molecule has 6 nitrogen and oxygen atoms in total. The lowest BCUT2D eigenvalue weighted by molar-refractivity contribution is 0.442. The quantitative estimate of drug-likeness (QED) is 0.872. The molecule has 0 amide bonds. The fraction of sp³-hybridized carbons (Fsp3) is 0.429. The molecule has 1 aromatic heterocycles. The molecule has 9 heteroatoms. The van der Waals surface area contributed by atoms with E-state index in [0.717, 1.165) is 6.07 Å². The molecule has 0 spiro atoms. The molecular formula is C14H18F2N4O2S. The average Bonchev–Trinajstić information content (AvgIpc) is 2.86. The summed E-state index contributed by atoms with van der Waals surface area (Å²) in [7, 11) is -4.27. The van der Waals surface area contributed by atoms with Gasteiger partial charge in [0.25, 0.3) is 0 Å². The number of nitrogens with zero attached hydrogens (tertiary/aromatic N) is 2. The summed E-state index contributed by atoms with van der Waals surface area (Å²) in [6.45, 7) is 6.57. The molecule has 1 atom stereocenters. The Bertz CT molecular complexity index is 818. The van der Waals surface area contributed by atoms with Crippen molar-refractivity contribution in [2.24, 2.45) is 5.92 Å². The van der Waals surface area contributed by atoms with Crippen molar-refractivity contribution in [3.05, 3.63) is 41.0 Å². The van der Waals surface area contributed by atoms with Crippen molar-refractivity contribution >= 4 is 10.0 Å². The van der Waals surface area contributed by atoms with Gasteiger partial charge >= 0.3 is 0 Å². The second-order valence-corrected chi connectivity index (χ2v) is 7.34. The third-order valence-corrected chi connectivity index (χ3v) is 4.80. The molecule has 2 N–H and O–H groups in total. The van der Waals surface area contributed by atoms with E-state index in [1.807, 2.05) is 0 Å². The largest absolute Gasteiger partial charge is 0.263 e. The highest BCUT2D eigenvalue weighted by molar-refractivity contribution is 7.89. The van der Waals surface area contributed by atoms with Crippen LogP contribution in [0.2, 0.25) is 0 Å². The highest BCUT2D eigenvalue weighted by Gasteiger charge is 2.29. The Balaban J connectivity index is 2.41. The molecule has 0 saturated carbocycles. The number of benzene rings is 1. The molecule has 23 heavy (non-hydrogen) atoms. The average molecular weight is 344 g/mol. The van der Waals surface area contributed by atoms with Gasteiger partial charge in [-0.25, -0.2) is 22.2 Å². The number of aryl methyl sites for hydroxylation is 2. The number of halogens is 2. The van der Waals surface area contributed by atoms with Crippen LogP contribution in [0.5, 0.6) is 0 Å². The summed E-state index contributed by atoms with van der Waals surface area (Å²) in [4.78, 5) is 3.37. The van der Waals surface area contributed by atoms with Crippen LogP contribution in [0.15, 0.2) is 17.0 Å². The number of aromatic amines is 1. The molecule has 0 unspecified atom stereocenters. The van der Waals surface area contributed by atoms with Crippen molar-refractivity contribution < 1.29 is 17.2 Å². The summed E-state index contributed by atoms with van der Waals surface area (Å²) in [6, 6.07) is 0.757. The summed E-state index contributed by atoms with van der Waals surface area (Å²) in [6.07, 6.45) is 0. The van der Waals surface area contributed by atoms with Crippen molar-refractivity contribution in [3.8, 4) is 0 Å². The lowest BCUT2D eigenvalue weighted by Crippen LogP contribution is -2.33. The Hall–Kier alpha value is -1.87. The smallest absolute Gasteiger partial charge is 0.244 e. The van der Waals surface area contributed by atoms with Crippen LogP contribution in [0.1, 0.15) is 37.1 Å². The molecule has 0 saturated heterocycles. The molecule has 2 rings (SSSR count). The SMILES string of the molecule is Cc1nc([C@H](NS(=O)(=O)c2cc(F)c(C)cc2F)C(C)C)n[nH]1. The standard InChI is InChI=1S/C14H18F2N4O2S/c1-7(2)13(14-17-9(4)18-19-14)20-23(21,22)12-6-10(15)8(3)5-11(12)16/h5-7,13,20H,1-4H3,(H,17,18,19)/t13-/m1/s1. The normalized spacial score (nSPS) is 13.5. The van der Waals surface area contributed by atoms with Crippen LogP contribution in [0.3, 0.4) is 0 Å². The number of sulfonamides is 1. The molecule has 0 bridgehead atoms. The monoisotopic (exact) mass is 344 g/mol. The highest BCUT2D eigenvalue weighted by atomic mass is 32.2. The van der Waals surface area contributed by atoms with E-state index in [1.165, 1.54) is 6.92 Å². The van der Waals surface area contributed by atoms with Crippen LogP contribution in [0.4, 0.5) is 8.78 Å². The van der Waals surface area contributed by atoms with Gasteiger partial charge in [0.2, 0.25) is 10.0 Å². The van der Waals surface area contributed by atoms with Gasteiger partial charge in [0.15, 0.2) is 5.82 Å². The van der Waals surface area contributed by atoms with Crippen molar-refractivity contribution in [1.82, 2.24) is 19.9 Å². The Morgan fingerprint density at radius 1 is 1.17 bits per heavy atom. The van der Waals surface area contributed by atoms with E-state index in [9.17, 15) is 17.2 Å². The van der Waals surface area contributed by atoms with Gasteiger partial charge in [0.05, 0.1) is 6.04 Å². The number of hydrogen-bond donors (Lipinski definition) is 2. The maximum Gasteiger partial charge on any atom is 0.244 e. The number of rotatable bonds is 5. The van der Waals surface area contributed by atoms with Gasteiger partial charge in [0, 0.05) is 0 Å². The van der Waals surface area contributed by atoms with Gasteiger partial charge in [-0.15, -0.1) is 0 Å². The molecule has 0 aliphatic heterocycles. The molecule has 1 heterocycles. The molecule has 0 fully saturated rings. The minimum absolute atomic E-state index is 0.0338. The lowest BCUT2D eigenvalue weighted by atomic mass is 10.1. The first-order valence-electron chi connectivity index (χ1n) is 6.98. The first-order chi connectivity index (χ1) is 10.6. The lowest BCUT2D eigenvalue weighted by Gasteiger charge is -2.19. The van der Waals surface area contributed by atoms with Crippen molar-refractivity contribution in [2.75, 3.05) is 0 Å². The number of aromatic nitrogens is 3. The van der Waals surface area contributed by atoms with E-state index < -0.39 is 32.6 Å². The Labute approximate surface area is 133 Å². The summed E-state index contributed by atoms with van der Waals surface area (Å²) >= 11 is 0. The maximum atomic E-state index is 14.0. The summed E-state index contributed by atoms with van der Waals surface area (Å²) in [5.41, 5.74) is 0.0338. The summed E-state index contributed by atoms with van der Waals surface area (Å²) in [5, 5.41) is 6.57. The van der Waals surface area contributed by atoms with E-state index in [-0.39, 0.29) is 17.3 Å². The Kier molecular flexibility index (Phi) is 4.81. The van der Waals surface area contributed by atoms with Crippen LogP contribution < -0.4 is 4.72 Å². The van der Waals surface area contributed by atoms with Gasteiger partial charge in [-0.3, -0.25) is 5.10 Å². The first kappa shape index (κ1) is 17.5. The van der Waals surface area contributed by atoms with Crippen molar-refractivity contribution in [3.63, 3.8) is 0 Å². The maximum absolute atomic E-state index is 14.0. The van der Waals surface area contributed by atoms with Gasteiger partial charge in [0.1, 0.15) is 22.4 Å². The molecule has 0 radical (unpaired) electrons. The zero-order chi connectivity index (χ0) is 17.4. The zero-order valence-corrected chi connectivity index (χ0v) is 14.0. The fourth-order valence-electron chi connectivity index (χ4n) is 2.05. The van der Waals surface area contributed by atoms with Crippen molar-refractivity contribution in [1.29, 1.82) is 0 Å². The second-order valence-electron chi connectivity index (χ2n) is 5.65. The van der Waals surface area contributed by atoms with E-state index >= 15 is 0 Å². The number of H-pyrrole nitrogens is 1. The van der Waals surface area contributed by atoms with Crippen LogP contribution >= 0.6 is 0 Å². The molecule has 0 aliphatic rings. The third kappa shape index (κ3) is 3.73. The van der Waals surface area contributed by atoms with Crippen LogP contribution in [-0.2, 0) is 10.0 Å². The first-order valence-corrected chi connectivity index (χ1v) is 8.47. The number of hydrogen-bond acceptors (Lipinski definition) is 4. The zero-order valence-electron chi connectivity index (χ0n) is 13.2. The van der Waals surface area contributed by atoms with E-state index in [1.54, 1.807) is 20.8 Å². The highest BCUT2D eigenvalue weighted by Crippen LogP contribution is 2.24. The molecule has 126 valence electrons. The van der Waals surface area contributed by atoms with Crippen LogP contribution in [0.25, 0.3) is 0 Å². The molecule has 1 aromatic carbocycles.